The van der Waals surface area contributed by atoms with Crippen molar-refractivity contribution in [3.05, 3.63) is 24.4 Å². The number of nitrogens with zero attached hydrogens (tertiary/aromatic N) is 4. The minimum Gasteiger partial charge on any atom is -0.301 e. The van der Waals surface area contributed by atoms with Crippen molar-refractivity contribution in [1.29, 1.82) is 0 Å². The fraction of sp³-hybridized carbons (Fsp3) is 0.300. The van der Waals surface area contributed by atoms with Crippen LogP contribution in [0.3, 0.4) is 0 Å². The molecule has 0 spiro atoms. The molecule has 3 rings (SSSR count). The highest BCUT2D eigenvalue weighted by Crippen LogP contribution is 2.27. The number of hydrogen-bond donors (Lipinski definition) is 0. The molecule has 5 heteroatoms. The molecule has 0 aromatic carbocycles. The average molecular weight is 218 g/mol. The van der Waals surface area contributed by atoms with Crippen LogP contribution in [0, 0.1) is 0 Å². The highest BCUT2D eigenvalue weighted by atomic mass is 32.2. The fourth-order valence-corrected chi connectivity index (χ4v) is 2.56. The van der Waals surface area contributed by atoms with E-state index in [0.29, 0.717) is 0 Å². The van der Waals surface area contributed by atoms with Gasteiger partial charge < -0.3 is 4.57 Å². The third-order valence-electron chi connectivity index (χ3n) is 2.37. The van der Waals surface area contributed by atoms with E-state index in [9.17, 15) is 0 Å². The van der Waals surface area contributed by atoms with E-state index in [1.807, 2.05) is 18.2 Å². The molecule has 0 radical (unpaired) electrons. The Labute approximate surface area is 91.7 Å². The molecule has 3 heterocycles. The monoisotopic (exact) mass is 218 g/mol. The van der Waals surface area contributed by atoms with Gasteiger partial charge in [-0.1, -0.05) is 17.8 Å². The number of pyridine rings is 1. The summed E-state index contributed by atoms with van der Waals surface area (Å²) in [6.07, 6.45) is 2.96. The number of fused-ring (bicyclic) bond motifs is 1. The van der Waals surface area contributed by atoms with Gasteiger partial charge >= 0.3 is 0 Å². The summed E-state index contributed by atoms with van der Waals surface area (Å²) in [5, 5.41) is 9.38. The van der Waals surface area contributed by atoms with Gasteiger partial charge in [0.15, 0.2) is 11.0 Å². The van der Waals surface area contributed by atoms with Crippen molar-refractivity contribution in [2.45, 2.75) is 18.1 Å². The average Bonchev–Trinajstić information content (AvgIpc) is 2.74. The number of aromatic nitrogens is 4. The second-order valence-corrected chi connectivity index (χ2v) is 4.44. The topological polar surface area (TPSA) is 43.6 Å². The molecule has 76 valence electrons. The molecule has 0 amide bonds. The molecule has 0 saturated carbocycles. The first-order valence-electron chi connectivity index (χ1n) is 4.92. The van der Waals surface area contributed by atoms with Gasteiger partial charge in [0, 0.05) is 18.5 Å². The summed E-state index contributed by atoms with van der Waals surface area (Å²) in [4.78, 5) is 4.30. The molecule has 0 atom stereocenters. The Morgan fingerprint density at radius 1 is 1.27 bits per heavy atom. The van der Waals surface area contributed by atoms with Crippen LogP contribution in [0.15, 0.2) is 29.6 Å². The van der Waals surface area contributed by atoms with Gasteiger partial charge in [0.05, 0.1) is 0 Å². The second kappa shape index (κ2) is 3.66. The van der Waals surface area contributed by atoms with Crippen LogP contribution in [0.25, 0.3) is 11.5 Å². The Bertz CT molecular complexity index is 466. The van der Waals surface area contributed by atoms with Crippen LogP contribution in [-0.2, 0) is 6.54 Å². The Morgan fingerprint density at radius 3 is 3.13 bits per heavy atom. The van der Waals surface area contributed by atoms with E-state index in [1.165, 1.54) is 6.42 Å². The molecule has 15 heavy (non-hydrogen) atoms. The minimum atomic E-state index is 0.887. The predicted molar refractivity (Wildman–Crippen MR) is 58.6 cm³/mol. The van der Waals surface area contributed by atoms with Crippen LogP contribution >= 0.6 is 11.8 Å². The largest absolute Gasteiger partial charge is 0.301 e. The first kappa shape index (κ1) is 8.91. The Morgan fingerprint density at radius 2 is 2.27 bits per heavy atom. The third kappa shape index (κ3) is 1.52. The number of hydrogen-bond acceptors (Lipinski definition) is 4. The molecule has 0 fully saturated rings. The summed E-state index contributed by atoms with van der Waals surface area (Å²) in [6.45, 7) is 1.00. The van der Waals surface area contributed by atoms with Gasteiger partial charge in [0.2, 0.25) is 0 Å². The summed E-state index contributed by atoms with van der Waals surface area (Å²) in [5.41, 5.74) is 0.902. The molecular weight excluding hydrogens is 208 g/mol. The molecule has 0 N–H and O–H groups in total. The van der Waals surface area contributed by atoms with E-state index in [1.54, 1.807) is 18.0 Å². The van der Waals surface area contributed by atoms with Crippen LogP contribution in [-0.4, -0.2) is 25.5 Å². The first-order chi connectivity index (χ1) is 7.45. The highest BCUT2D eigenvalue weighted by molar-refractivity contribution is 7.99. The lowest BCUT2D eigenvalue weighted by Gasteiger charge is -2.13. The zero-order chi connectivity index (χ0) is 10.1. The van der Waals surface area contributed by atoms with Gasteiger partial charge in [0.25, 0.3) is 0 Å². The molecule has 0 saturated heterocycles. The molecule has 1 aliphatic heterocycles. The van der Waals surface area contributed by atoms with Gasteiger partial charge in [-0.2, -0.15) is 0 Å². The molecule has 0 bridgehead atoms. The molecule has 0 unspecified atom stereocenters. The number of thioether (sulfide) groups is 1. The second-order valence-electron chi connectivity index (χ2n) is 3.37. The van der Waals surface area contributed by atoms with Crippen LogP contribution in [0.5, 0.6) is 0 Å². The molecule has 4 nitrogen and oxygen atoms in total. The SMILES string of the molecule is c1ccc(-c2nnc3n2CCCS3)nc1. The fourth-order valence-electron chi connectivity index (χ4n) is 1.67. The summed E-state index contributed by atoms with van der Waals surface area (Å²) < 4.78 is 2.15. The minimum absolute atomic E-state index is 0.887. The quantitative estimate of drug-likeness (QED) is 0.732. The summed E-state index contributed by atoms with van der Waals surface area (Å²) in [7, 11) is 0. The van der Waals surface area contributed by atoms with E-state index < -0.39 is 0 Å². The molecule has 2 aromatic heterocycles. The van der Waals surface area contributed by atoms with Gasteiger partial charge in [-0.25, -0.2) is 0 Å². The normalized spacial score (nSPS) is 14.9. The molecule has 0 aliphatic carbocycles. The van der Waals surface area contributed by atoms with E-state index >= 15 is 0 Å². The first-order valence-corrected chi connectivity index (χ1v) is 5.91. The van der Waals surface area contributed by atoms with Crippen LogP contribution in [0.4, 0.5) is 0 Å². The number of rotatable bonds is 1. The maximum atomic E-state index is 4.30. The van der Waals surface area contributed by atoms with Gasteiger partial charge in [-0.05, 0) is 18.6 Å². The zero-order valence-electron chi connectivity index (χ0n) is 8.13. The zero-order valence-corrected chi connectivity index (χ0v) is 8.94. The standard InChI is InChI=1S/C10H10N4S/c1-2-5-11-8(4-1)9-12-13-10-14(9)6-3-7-15-10/h1-2,4-5H,3,6-7H2. The lowest BCUT2D eigenvalue weighted by atomic mass is 10.3. The van der Waals surface area contributed by atoms with Crippen molar-refractivity contribution in [3.63, 3.8) is 0 Å². The van der Waals surface area contributed by atoms with Crippen molar-refractivity contribution in [2.24, 2.45) is 0 Å². The maximum Gasteiger partial charge on any atom is 0.191 e. The molecule has 1 aliphatic rings. The smallest absolute Gasteiger partial charge is 0.191 e. The summed E-state index contributed by atoms with van der Waals surface area (Å²) in [5.74, 6) is 2.03. The van der Waals surface area contributed by atoms with E-state index in [0.717, 1.165) is 29.0 Å². The Hall–Kier alpha value is -1.36. The third-order valence-corrected chi connectivity index (χ3v) is 3.42. The Balaban J connectivity index is 2.09. The van der Waals surface area contributed by atoms with Crippen molar-refractivity contribution in [1.82, 2.24) is 19.7 Å². The lowest BCUT2D eigenvalue weighted by molar-refractivity contribution is 0.611. The molecule has 2 aromatic rings. The Kier molecular flexibility index (Phi) is 2.17. The van der Waals surface area contributed by atoms with Crippen LogP contribution < -0.4 is 0 Å². The predicted octanol–water partition coefficient (Wildman–Crippen LogP) is 1.84. The van der Waals surface area contributed by atoms with E-state index in [4.69, 9.17) is 0 Å². The highest BCUT2D eigenvalue weighted by Gasteiger charge is 2.17. The van der Waals surface area contributed by atoms with Crippen molar-refractivity contribution in [2.75, 3.05) is 5.75 Å². The summed E-state index contributed by atoms with van der Waals surface area (Å²) in [6, 6.07) is 5.85. The molecular formula is C10H10N4S. The van der Waals surface area contributed by atoms with Crippen molar-refractivity contribution >= 4 is 11.8 Å². The van der Waals surface area contributed by atoms with Crippen LogP contribution in [0.2, 0.25) is 0 Å². The van der Waals surface area contributed by atoms with Gasteiger partial charge in [0.1, 0.15) is 5.69 Å². The summed E-state index contributed by atoms with van der Waals surface area (Å²) >= 11 is 1.77. The van der Waals surface area contributed by atoms with E-state index in [2.05, 4.69) is 19.7 Å². The van der Waals surface area contributed by atoms with Crippen molar-refractivity contribution in [3.8, 4) is 11.5 Å². The lowest BCUT2D eigenvalue weighted by Crippen LogP contribution is -2.08. The van der Waals surface area contributed by atoms with Gasteiger partial charge in [-0.3, -0.25) is 4.98 Å². The van der Waals surface area contributed by atoms with E-state index in [-0.39, 0.29) is 0 Å². The van der Waals surface area contributed by atoms with Gasteiger partial charge in [-0.15, -0.1) is 10.2 Å². The van der Waals surface area contributed by atoms with Crippen LogP contribution in [0.1, 0.15) is 6.42 Å². The maximum absolute atomic E-state index is 4.30. The van der Waals surface area contributed by atoms with Crippen molar-refractivity contribution < 1.29 is 0 Å².